The smallest absolute Gasteiger partial charge is 0.115 e. The van der Waals surface area contributed by atoms with Crippen LogP contribution in [0.25, 0.3) is 17.8 Å². The van der Waals surface area contributed by atoms with Gasteiger partial charge >= 0.3 is 0 Å². The molecule has 0 aromatic carbocycles. The number of rotatable bonds is 7. The second-order valence-corrected chi connectivity index (χ2v) is 8.32. The SMILES string of the molecule is C=C(Nc1ccc(CC2CCN(C)CC2)nc1)c1n[nH]c(C)c1/C=C/c1cccnc1. The van der Waals surface area contributed by atoms with Crippen molar-refractivity contribution in [3.63, 3.8) is 0 Å². The number of H-pyrrole nitrogens is 1. The molecule has 4 rings (SSSR count). The van der Waals surface area contributed by atoms with E-state index in [-0.39, 0.29) is 0 Å². The number of aromatic nitrogens is 4. The lowest BCUT2D eigenvalue weighted by Crippen LogP contribution is -2.31. The van der Waals surface area contributed by atoms with E-state index in [0.29, 0.717) is 0 Å². The van der Waals surface area contributed by atoms with E-state index in [4.69, 9.17) is 0 Å². The zero-order valence-electron chi connectivity index (χ0n) is 18.3. The van der Waals surface area contributed by atoms with Crippen LogP contribution in [0.15, 0.2) is 49.4 Å². The first-order valence-electron chi connectivity index (χ1n) is 10.8. The number of hydrogen-bond donors (Lipinski definition) is 2. The van der Waals surface area contributed by atoms with Gasteiger partial charge in [-0.05, 0) is 76.0 Å². The number of nitrogens with zero attached hydrogens (tertiary/aromatic N) is 4. The molecule has 0 amide bonds. The molecule has 0 aliphatic carbocycles. The Morgan fingerprint density at radius 3 is 2.77 bits per heavy atom. The Morgan fingerprint density at radius 1 is 1.23 bits per heavy atom. The highest BCUT2D eigenvalue weighted by atomic mass is 15.1. The maximum absolute atomic E-state index is 4.68. The lowest BCUT2D eigenvalue weighted by atomic mass is 9.92. The van der Waals surface area contributed by atoms with E-state index >= 15 is 0 Å². The van der Waals surface area contributed by atoms with Crippen molar-refractivity contribution in [2.24, 2.45) is 5.92 Å². The van der Waals surface area contributed by atoms with Crippen molar-refractivity contribution in [1.82, 2.24) is 25.1 Å². The van der Waals surface area contributed by atoms with Crippen LogP contribution in [0.2, 0.25) is 0 Å². The first-order valence-corrected chi connectivity index (χ1v) is 10.8. The summed E-state index contributed by atoms with van der Waals surface area (Å²) in [7, 11) is 2.20. The van der Waals surface area contributed by atoms with Gasteiger partial charge in [-0.1, -0.05) is 24.8 Å². The van der Waals surface area contributed by atoms with Gasteiger partial charge < -0.3 is 10.2 Å². The number of aryl methyl sites for hydroxylation is 1. The Hall–Kier alpha value is -3.25. The summed E-state index contributed by atoms with van der Waals surface area (Å²) in [5, 5.41) is 10.9. The Labute approximate surface area is 184 Å². The number of anilines is 1. The van der Waals surface area contributed by atoms with Gasteiger partial charge in [-0.15, -0.1) is 0 Å². The fraction of sp³-hybridized carbons (Fsp3) is 0.320. The predicted molar refractivity (Wildman–Crippen MR) is 127 cm³/mol. The molecule has 3 aromatic heterocycles. The maximum Gasteiger partial charge on any atom is 0.115 e. The van der Waals surface area contributed by atoms with Crippen LogP contribution in [0.3, 0.4) is 0 Å². The molecule has 4 heterocycles. The quantitative estimate of drug-likeness (QED) is 0.589. The molecule has 2 N–H and O–H groups in total. The molecule has 0 bridgehead atoms. The molecule has 0 atom stereocenters. The van der Waals surface area contributed by atoms with Crippen LogP contribution in [0.4, 0.5) is 5.69 Å². The Bertz CT molecular complexity index is 1030. The van der Waals surface area contributed by atoms with E-state index in [1.807, 2.05) is 43.6 Å². The third-order valence-electron chi connectivity index (χ3n) is 5.86. The summed E-state index contributed by atoms with van der Waals surface area (Å²) >= 11 is 0. The predicted octanol–water partition coefficient (Wildman–Crippen LogP) is 4.65. The summed E-state index contributed by atoms with van der Waals surface area (Å²) in [5.41, 5.74) is 6.64. The minimum atomic E-state index is 0.735. The average molecular weight is 415 g/mol. The van der Waals surface area contributed by atoms with Crippen molar-refractivity contribution in [2.75, 3.05) is 25.5 Å². The number of aromatic amines is 1. The molecule has 160 valence electrons. The minimum Gasteiger partial charge on any atom is -0.353 e. The summed E-state index contributed by atoms with van der Waals surface area (Å²) in [5.74, 6) is 0.735. The fourth-order valence-corrected chi connectivity index (χ4v) is 3.94. The summed E-state index contributed by atoms with van der Waals surface area (Å²) in [6.07, 6.45) is 13.1. The average Bonchev–Trinajstić information content (AvgIpc) is 3.16. The number of pyridine rings is 2. The van der Waals surface area contributed by atoms with E-state index in [0.717, 1.165) is 51.9 Å². The van der Waals surface area contributed by atoms with Crippen LogP contribution in [0, 0.1) is 12.8 Å². The molecule has 1 saturated heterocycles. The normalized spacial score (nSPS) is 15.4. The lowest BCUT2D eigenvalue weighted by molar-refractivity contribution is 0.218. The molecular formula is C25H30N6. The molecule has 0 saturated carbocycles. The van der Waals surface area contributed by atoms with Crippen molar-refractivity contribution >= 4 is 23.5 Å². The number of hydrogen-bond acceptors (Lipinski definition) is 5. The van der Waals surface area contributed by atoms with Gasteiger partial charge in [-0.25, -0.2) is 0 Å². The lowest BCUT2D eigenvalue weighted by Gasteiger charge is -2.28. The summed E-state index contributed by atoms with van der Waals surface area (Å²) in [6, 6.07) is 8.14. The largest absolute Gasteiger partial charge is 0.353 e. The van der Waals surface area contributed by atoms with Crippen LogP contribution in [-0.4, -0.2) is 45.2 Å². The molecule has 0 radical (unpaired) electrons. The second-order valence-electron chi connectivity index (χ2n) is 8.32. The molecule has 1 fully saturated rings. The van der Waals surface area contributed by atoms with E-state index < -0.39 is 0 Å². The highest BCUT2D eigenvalue weighted by Gasteiger charge is 2.17. The van der Waals surface area contributed by atoms with E-state index in [1.165, 1.54) is 25.9 Å². The third-order valence-corrected chi connectivity index (χ3v) is 5.86. The van der Waals surface area contributed by atoms with Crippen LogP contribution < -0.4 is 5.32 Å². The van der Waals surface area contributed by atoms with E-state index in [2.05, 4.69) is 56.1 Å². The van der Waals surface area contributed by atoms with Gasteiger partial charge in [0.05, 0.1) is 17.6 Å². The topological polar surface area (TPSA) is 69.7 Å². The zero-order valence-corrected chi connectivity index (χ0v) is 18.3. The first kappa shape index (κ1) is 21.0. The first-order chi connectivity index (χ1) is 15.1. The Balaban J connectivity index is 1.40. The van der Waals surface area contributed by atoms with Crippen LogP contribution in [-0.2, 0) is 6.42 Å². The minimum absolute atomic E-state index is 0.735. The highest BCUT2D eigenvalue weighted by molar-refractivity contribution is 5.82. The van der Waals surface area contributed by atoms with E-state index in [9.17, 15) is 0 Å². The van der Waals surface area contributed by atoms with Crippen molar-refractivity contribution < 1.29 is 0 Å². The molecule has 0 unspecified atom stereocenters. The van der Waals surface area contributed by atoms with Gasteiger partial charge in [0.1, 0.15) is 5.69 Å². The van der Waals surface area contributed by atoms with Gasteiger partial charge in [0, 0.05) is 29.3 Å². The molecule has 6 nitrogen and oxygen atoms in total. The molecule has 1 aliphatic heterocycles. The van der Waals surface area contributed by atoms with Gasteiger partial charge in [0.15, 0.2) is 0 Å². The van der Waals surface area contributed by atoms with Crippen LogP contribution in [0.5, 0.6) is 0 Å². The molecule has 3 aromatic rings. The molecule has 6 heteroatoms. The standard InChI is InChI=1S/C25H30N6/c1-18-24(9-6-21-5-4-12-26-16-21)25(30-29-18)19(2)28-23-8-7-22(27-17-23)15-20-10-13-31(3)14-11-20/h4-9,12,16-17,20,28H,2,10-11,13-15H2,1,3H3,(H,29,30)/b9-6+. The highest BCUT2D eigenvalue weighted by Crippen LogP contribution is 2.24. The number of nitrogens with one attached hydrogen (secondary N) is 2. The van der Waals surface area contributed by atoms with Crippen molar-refractivity contribution in [2.45, 2.75) is 26.2 Å². The maximum atomic E-state index is 4.68. The second kappa shape index (κ2) is 9.71. The summed E-state index contributed by atoms with van der Waals surface area (Å²) < 4.78 is 0. The molecule has 1 aliphatic rings. The number of likely N-dealkylation sites (tertiary alicyclic amines) is 1. The third kappa shape index (κ3) is 5.47. The Morgan fingerprint density at radius 2 is 2.06 bits per heavy atom. The number of piperidine rings is 1. The van der Waals surface area contributed by atoms with Gasteiger partial charge in [0.25, 0.3) is 0 Å². The molecular weight excluding hydrogens is 384 g/mol. The van der Waals surface area contributed by atoms with Gasteiger partial charge in [0.2, 0.25) is 0 Å². The fourth-order valence-electron chi connectivity index (χ4n) is 3.94. The van der Waals surface area contributed by atoms with Crippen LogP contribution in [0.1, 0.15) is 41.1 Å². The monoisotopic (exact) mass is 414 g/mol. The van der Waals surface area contributed by atoms with Crippen molar-refractivity contribution in [3.8, 4) is 0 Å². The zero-order chi connectivity index (χ0) is 21.6. The van der Waals surface area contributed by atoms with Crippen LogP contribution >= 0.6 is 0 Å². The Kier molecular flexibility index (Phi) is 6.57. The van der Waals surface area contributed by atoms with Crippen molar-refractivity contribution in [3.05, 3.63) is 77.6 Å². The van der Waals surface area contributed by atoms with Gasteiger partial charge in [-0.3, -0.25) is 15.1 Å². The van der Waals surface area contributed by atoms with Crippen molar-refractivity contribution in [1.29, 1.82) is 0 Å². The summed E-state index contributed by atoms with van der Waals surface area (Å²) in [6.45, 7) is 8.58. The molecule has 31 heavy (non-hydrogen) atoms. The summed E-state index contributed by atoms with van der Waals surface area (Å²) in [4.78, 5) is 11.2. The van der Waals surface area contributed by atoms with Gasteiger partial charge in [-0.2, -0.15) is 5.10 Å². The van der Waals surface area contributed by atoms with E-state index in [1.54, 1.807) is 6.20 Å². The molecule has 0 spiro atoms.